The summed E-state index contributed by atoms with van der Waals surface area (Å²) in [7, 11) is 1.65. The molecular weight excluding hydrogens is 222 g/mol. The minimum absolute atomic E-state index is 0.408. The summed E-state index contributed by atoms with van der Waals surface area (Å²) in [4.78, 5) is 10.8. The Bertz CT molecular complexity index is 187. The highest BCUT2D eigenvalue weighted by molar-refractivity contribution is 5.73. The monoisotopic (exact) mass is 247 g/mol. The number of hydrogen-bond donors (Lipinski definition) is 2. The minimum Gasteiger partial charge on any atom is -0.480 e. The van der Waals surface area contributed by atoms with Gasteiger partial charge in [-0.05, 0) is 25.8 Å². The fourth-order valence-electron chi connectivity index (χ4n) is 1.45. The Balaban J connectivity index is 3.33. The van der Waals surface area contributed by atoms with Gasteiger partial charge in [-0.15, -0.1) is 0 Å². The second-order valence-corrected chi connectivity index (χ2v) is 3.95. The van der Waals surface area contributed by atoms with Gasteiger partial charge in [0.05, 0.1) is 13.2 Å². The van der Waals surface area contributed by atoms with E-state index >= 15 is 0 Å². The lowest BCUT2D eigenvalue weighted by molar-refractivity contribution is -0.139. The van der Waals surface area contributed by atoms with Crippen LogP contribution in [0.5, 0.6) is 0 Å². The van der Waals surface area contributed by atoms with Crippen molar-refractivity contribution >= 4 is 5.97 Å². The van der Waals surface area contributed by atoms with Gasteiger partial charge in [0.2, 0.25) is 0 Å². The second kappa shape index (κ2) is 11.8. The van der Waals surface area contributed by atoms with Crippen LogP contribution in [0.4, 0.5) is 0 Å². The van der Waals surface area contributed by atoms with Crippen molar-refractivity contribution in [1.29, 1.82) is 0 Å². The van der Waals surface area contributed by atoms with E-state index in [-0.39, 0.29) is 0 Å². The predicted molar refractivity (Wildman–Crippen MR) is 66.3 cm³/mol. The van der Waals surface area contributed by atoms with E-state index in [0.717, 1.165) is 25.8 Å². The Morgan fingerprint density at radius 1 is 1.29 bits per heavy atom. The minimum atomic E-state index is -0.761. The summed E-state index contributed by atoms with van der Waals surface area (Å²) < 4.78 is 10.2. The van der Waals surface area contributed by atoms with Crippen LogP contribution in [0, 0.1) is 0 Å². The predicted octanol–water partition coefficient (Wildman–Crippen LogP) is 1.27. The first-order valence-corrected chi connectivity index (χ1v) is 6.25. The van der Waals surface area contributed by atoms with Crippen molar-refractivity contribution < 1.29 is 19.4 Å². The summed E-state index contributed by atoms with van der Waals surface area (Å²) in [6.45, 7) is 4.66. The highest BCUT2D eigenvalue weighted by atomic mass is 16.5. The molecule has 0 saturated heterocycles. The maximum absolute atomic E-state index is 10.8. The third kappa shape index (κ3) is 10.2. The maximum atomic E-state index is 10.8. The summed E-state index contributed by atoms with van der Waals surface area (Å²) >= 11 is 0. The summed E-state index contributed by atoms with van der Waals surface area (Å²) in [5.41, 5.74) is 0. The molecule has 5 heteroatoms. The SMILES string of the molecule is CCCC(NCCCCOCCOC)C(=O)O. The highest BCUT2D eigenvalue weighted by Crippen LogP contribution is 1.97. The Kier molecular flexibility index (Phi) is 11.4. The molecule has 0 fully saturated rings. The number of unbranched alkanes of at least 4 members (excludes halogenated alkanes) is 1. The molecule has 0 aliphatic rings. The van der Waals surface area contributed by atoms with E-state index in [1.54, 1.807) is 7.11 Å². The van der Waals surface area contributed by atoms with Crippen LogP contribution >= 0.6 is 0 Å². The molecule has 0 aromatic heterocycles. The Labute approximate surface area is 103 Å². The van der Waals surface area contributed by atoms with Gasteiger partial charge in [-0.2, -0.15) is 0 Å². The van der Waals surface area contributed by atoms with Crippen LogP contribution in [0.3, 0.4) is 0 Å². The van der Waals surface area contributed by atoms with Crippen LogP contribution in [-0.4, -0.2) is 50.6 Å². The molecule has 0 heterocycles. The van der Waals surface area contributed by atoms with Crippen molar-refractivity contribution in [3.63, 3.8) is 0 Å². The van der Waals surface area contributed by atoms with Crippen LogP contribution in [-0.2, 0) is 14.3 Å². The van der Waals surface area contributed by atoms with E-state index in [1.165, 1.54) is 0 Å². The van der Waals surface area contributed by atoms with Gasteiger partial charge in [-0.3, -0.25) is 4.79 Å². The average molecular weight is 247 g/mol. The first-order valence-electron chi connectivity index (χ1n) is 6.25. The number of carboxylic acids is 1. The number of nitrogens with one attached hydrogen (secondary N) is 1. The smallest absolute Gasteiger partial charge is 0.320 e. The molecule has 0 aliphatic heterocycles. The Morgan fingerprint density at radius 2 is 2.06 bits per heavy atom. The average Bonchev–Trinajstić information content (AvgIpc) is 2.31. The maximum Gasteiger partial charge on any atom is 0.320 e. The van der Waals surface area contributed by atoms with E-state index in [9.17, 15) is 4.79 Å². The first-order chi connectivity index (χ1) is 8.22. The lowest BCUT2D eigenvalue weighted by Gasteiger charge is -2.13. The van der Waals surface area contributed by atoms with E-state index in [4.69, 9.17) is 14.6 Å². The topological polar surface area (TPSA) is 67.8 Å². The molecule has 1 unspecified atom stereocenters. The van der Waals surface area contributed by atoms with Gasteiger partial charge in [0.25, 0.3) is 0 Å². The zero-order valence-electron chi connectivity index (χ0n) is 10.9. The van der Waals surface area contributed by atoms with E-state index in [0.29, 0.717) is 26.2 Å². The summed E-state index contributed by atoms with van der Waals surface area (Å²) in [6.07, 6.45) is 3.43. The van der Waals surface area contributed by atoms with E-state index in [2.05, 4.69) is 5.32 Å². The summed E-state index contributed by atoms with van der Waals surface area (Å²) in [5.74, 6) is -0.761. The molecule has 2 N–H and O–H groups in total. The zero-order chi connectivity index (χ0) is 12.9. The quantitative estimate of drug-likeness (QED) is 0.508. The van der Waals surface area contributed by atoms with Crippen LogP contribution < -0.4 is 5.32 Å². The van der Waals surface area contributed by atoms with Gasteiger partial charge in [0.15, 0.2) is 0 Å². The number of carbonyl (C=O) groups is 1. The van der Waals surface area contributed by atoms with Gasteiger partial charge in [0.1, 0.15) is 6.04 Å². The number of methoxy groups -OCH3 is 1. The fourth-order valence-corrected chi connectivity index (χ4v) is 1.45. The molecule has 1 atom stereocenters. The van der Waals surface area contributed by atoms with Gasteiger partial charge in [0, 0.05) is 13.7 Å². The van der Waals surface area contributed by atoms with E-state index in [1.807, 2.05) is 6.92 Å². The molecule has 0 aliphatic carbocycles. The normalized spacial score (nSPS) is 12.6. The zero-order valence-corrected chi connectivity index (χ0v) is 10.9. The molecule has 0 radical (unpaired) electrons. The Morgan fingerprint density at radius 3 is 2.65 bits per heavy atom. The highest BCUT2D eigenvalue weighted by Gasteiger charge is 2.14. The second-order valence-electron chi connectivity index (χ2n) is 3.95. The van der Waals surface area contributed by atoms with Crippen LogP contribution in [0.25, 0.3) is 0 Å². The lowest BCUT2D eigenvalue weighted by atomic mass is 10.1. The van der Waals surface area contributed by atoms with Crippen molar-refractivity contribution in [2.24, 2.45) is 0 Å². The van der Waals surface area contributed by atoms with Crippen molar-refractivity contribution in [2.75, 3.05) is 33.5 Å². The summed E-state index contributed by atoms with van der Waals surface area (Å²) in [6, 6.07) is -0.408. The number of ether oxygens (including phenoxy) is 2. The van der Waals surface area contributed by atoms with Crippen molar-refractivity contribution in [3.8, 4) is 0 Å². The fraction of sp³-hybridized carbons (Fsp3) is 0.917. The third-order valence-corrected chi connectivity index (χ3v) is 2.41. The number of rotatable bonds is 12. The molecule has 102 valence electrons. The molecule has 5 nitrogen and oxygen atoms in total. The van der Waals surface area contributed by atoms with Crippen LogP contribution in [0.15, 0.2) is 0 Å². The van der Waals surface area contributed by atoms with Crippen molar-refractivity contribution in [1.82, 2.24) is 5.32 Å². The third-order valence-electron chi connectivity index (χ3n) is 2.41. The molecular formula is C12H25NO4. The molecule has 0 bridgehead atoms. The van der Waals surface area contributed by atoms with Crippen LogP contribution in [0.1, 0.15) is 32.6 Å². The molecule has 17 heavy (non-hydrogen) atoms. The number of carboxylic acid groups (broad SMARTS) is 1. The van der Waals surface area contributed by atoms with Gasteiger partial charge >= 0.3 is 5.97 Å². The van der Waals surface area contributed by atoms with Gasteiger partial charge in [-0.1, -0.05) is 13.3 Å². The number of aliphatic carboxylic acids is 1. The molecule has 0 aromatic rings. The first kappa shape index (κ1) is 16.4. The molecule has 0 spiro atoms. The van der Waals surface area contributed by atoms with E-state index < -0.39 is 12.0 Å². The van der Waals surface area contributed by atoms with Crippen molar-refractivity contribution in [2.45, 2.75) is 38.6 Å². The standard InChI is InChI=1S/C12H25NO4/c1-3-6-11(12(14)15)13-7-4-5-8-17-10-9-16-2/h11,13H,3-10H2,1-2H3,(H,14,15). The van der Waals surface area contributed by atoms with Gasteiger partial charge < -0.3 is 19.9 Å². The Hall–Kier alpha value is -0.650. The molecule has 0 saturated carbocycles. The van der Waals surface area contributed by atoms with Gasteiger partial charge in [-0.25, -0.2) is 0 Å². The summed E-state index contributed by atoms with van der Waals surface area (Å²) in [5, 5.41) is 11.9. The molecule has 0 amide bonds. The van der Waals surface area contributed by atoms with Crippen molar-refractivity contribution in [3.05, 3.63) is 0 Å². The number of hydrogen-bond acceptors (Lipinski definition) is 4. The van der Waals surface area contributed by atoms with Crippen LogP contribution in [0.2, 0.25) is 0 Å². The molecule has 0 aromatic carbocycles. The molecule has 0 rings (SSSR count). The largest absolute Gasteiger partial charge is 0.480 e. The lowest BCUT2D eigenvalue weighted by Crippen LogP contribution is -2.37.